The van der Waals surface area contributed by atoms with E-state index >= 15 is 0 Å². The van der Waals surface area contributed by atoms with Gasteiger partial charge in [0, 0.05) is 11.6 Å². The highest BCUT2D eigenvalue weighted by Gasteiger charge is 2.45. The summed E-state index contributed by atoms with van der Waals surface area (Å²) in [5.41, 5.74) is 3.73. The first-order valence-corrected chi connectivity index (χ1v) is 10.6. The van der Waals surface area contributed by atoms with Crippen molar-refractivity contribution in [3.63, 3.8) is 0 Å². The van der Waals surface area contributed by atoms with Crippen molar-refractivity contribution < 1.29 is 13.2 Å². The first-order valence-electron chi connectivity index (χ1n) is 9.06. The fourth-order valence-electron chi connectivity index (χ4n) is 3.54. The Morgan fingerprint density at radius 1 is 0.926 bits per heavy atom. The zero-order valence-corrected chi connectivity index (χ0v) is 17.0. The quantitative estimate of drug-likeness (QED) is 0.798. The molecule has 2 atom stereocenters. The molecule has 0 fully saturated rings. The highest BCUT2D eigenvalue weighted by atomic mass is 32.2. The number of benzene rings is 2. The topological polar surface area (TPSA) is 54.5 Å². The van der Waals surface area contributed by atoms with E-state index in [0.717, 1.165) is 22.4 Å². The van der Waals surface area contributed by atoms with Gasteiger partial charge >= 0.3 is 0 Å². The third kappa shape index (κ3) is 3.56. The fourth-order valence-corrected chi connectivity index (χ4v) is 5.48. The predicted molar refractivity (Wildman–Crippen MR) is 107 cm³/mol. The molecule has 1 heterocycles. The van der Waals surface area contributed by atoms with Gasteiger partial charge in [-0.05, 0) is 44.0 Å². The molecule has 0 spiro atoms. The third-order valence-electron chi connectivity index (χ3n) is 5.49. The number of aryl methyl sites for hydroxylation is 1. The largest absolute Gasteiger partial charge is 0.311 e. The number of amides is 1. The number of carbonyl (C=O) groups excluding carboxylic acids is 1. The average molecular weight is 384 g/mol. The van der Waals surface area contributed by atoms with E-state index in [4.69, 9.17) is 0 Å². The van der Waals surface area contributed by atoms with Crippen LogP contribution < -0.4 is 0 Å². The van der Waals surface area contributed by atoms with Gasteiger partial charge in [0.2, 0.25) is 5.91 Å². The molecular formula is C22H25NO3S. The smallest absolute Gasteiger partial charge is 0.246 e. The molecule has 0 N–H and O–H groups in total. The van der Waals surface area contributed by atoms with Crippen LogP contribution in [0.4, 0.5) is 0 Å². The van der Waals surface area contributed by atoms with Crippen LogP contribution in [0, 0.1) is 12.8 Å². The van der Waals surface area contributed by atoms with Crippen LogP contribution in [-0.2, 0) is 21.2 Å². The van der Waals surface area contributed by atoms with Crippen molar-refractivity contribution in [2.75, 3.05) is 0 Å². The molecule has 0 unspecified atom stereocenters. The minimum absolute atomic E-state index is 0.199. The van der Waals surface area contributed by atoms with E-state index in [2.05, 4.69) is 0 Å². The van der Waals surface area contributed by atoms with Gasteiger partial charge in [-0.2, -0.15) is 0 Å². The Morgan fingerprint density at radius 2 is 1.52 bits per heavy atom. The van der Waals surface area contributed by atoms with Gasteiger partial charge in [-0.3, -0.25) is 4.79 Å². The van der Waals surface area contributed by atoms with Crippen molar-refractivity contribution in [1.29, 1.82) is 0 Å². The normalized spacial score (nSPS) is 20.9. The number of sulfone groups is 1. The molecule has 3 rings (SSSR count). The minimum Gasteiger partial charge on any atom is -0.311 e. The van der Waals surface area contributed by atoms with Crippen LogP contribution in [0.15, 0.2) is 70.8 Å². The number of allylic oxidation sites excluding steroid dienone is 2. The molecule has 0 saturated carbocycles. The first kappa shape index (κ1) is 19.4. The molecule has 142 valence electrons. The number of carbonyl (C=O) groups is 1. The standard InChI is InChI=1S/C22H25NO3S/c1-15-10-12-20(13-11-15)27(25,26)21-17(3)16(2)18(4)23(22(21)24)14-19-8-6-5-7-9-19/h5-13,17,21H,14H2,1-4H3/t17-,21+/m1/s1. The van der Waals surface area contributed by atoms with Gasteiger partial charge < -0.3 is 4.90 Å². The molecule has 5 heteroatoms. The van der Waals surface area contributed by atoms with E-state index in [1.165, 1.54) is 0 Å². The molecule has 1 aliphatic rings. The summed E-state index contributed by atoms with van der Waals surface area (Å²) in [6.07, 6.45) is 0. The minimum atomic E-state index is -3.78. The molecule has 1 aliphatic heterocycles. The molecule has 27 heavy (non-hydrogen) atoms. The van der Waals surface area contributed by atoms with Gasteiger partial charge in [-0.15, -0.1) is 0 Å². The summed E-state index contributed by atoms with van der Waals surface area (Å²) in [5.74, 6) is -0.717. The second-order valence-corrected chi connectivity index (χ2v) is 9.32. The lowest BCUT2D eigenvalue weighted by Crippen LogP contribution is -2.49. The number of rotatable bonds is 4. The highest BCUT2D eigenvalue weighted by Crippen LogP contribution is 2.35. The van der Waals surface area contributed by atoms with Crippen molar-refractivity contribution >= 4 is 15.7 Å². The van der Waals surface area contributed by atoms with Crippen LogP contribution in [0.3, 0.4) is 0 Å². The average Bonchev–Trinajstić information content (AvgIpc) is 2.65. The lowest BCUT2D eigenvalue weighted by atomic mass is 9.91. The molecule has 0 aliphatic carbocycles. The van der Waals surface area contributed by atoms with Crippen molar-refractivity contribution in [2.24, 2.45) is 5.92 Å². The molecule has 4 nitrogen and oxygen atoms in total. The van der Waals surface area contributed by atoms with Gasteiger partial charge in [0.15, 0.2) is 15.1 Å². The maximum atomic E-state index is 13.3. The Balaban J connectivity index is 2.03. The summed E-state index contributed by atoms with van der Waals surface area (Å²) < 4.78 is 26.6. The number of nitrogens with zero attached hydrogens (tertiary/aromatic N) is 1. The van der Waals surface area contributed by atoms with Crippen LogP contribution in [0.2, 0.25) is 0 Å². The molecule has 1 amide bonds. The lowest BCUT2D eigenvalue weighted by Gasteiger charge is -2.38. The van der Waals surface area contributed by atoms with Crippen molar-refractivity contribution in [3.05, 3.63) is 77.0 Å². The van der Waals surface area contributed by atoms with Gasteiger partial charge in [-0.25, -0.2) is 8.42 Å². The first-order chi connectivity index (χ1) is 12.7. The zero-order chi connectivity index (χ0) is 19.8. The van der Waals surface area contributed by atoms with E-state index in [0.29, 0.717) is 6.54 Å². The lowest BCUT2D eigenvalue weighted by molar-refractivity contribution is -0.131. The van der Waals surface area contributed by atoms with Gasteiger partial charge in [-0.1, -0.05) is 55.0 Å². The molecule has 0 radical (unpaired) electrons. The molecular weight excluding hydrogens is 358 g/mol. The van der Waals surface area contributed by atoms with Crippen molar-refractivity contribution in [2.45, 2.75) is 44.4 Å². The van der Waals surface area contributed by atoms with E-state index in [9.17, 15) is 13.2 Å². The van der Waals surface area contributed by atoms with Crippen LogP contribution in [0.1, 0.15) is 31.9 Å². The zero-order valence-electron chi connectivity index (χ0n) is 16.1. The van der Waals surface area contributed by atoms with E-state index in [1.807, 2.05) is 58.0 Å². The van der Waals surface area contributed by atoms with Crippen LogP contribution in [0.25, 0.3) is 0 Å². The second kappa shape index (κ2) is 7.31. The fraction of sp³-hybridized carbons (Fsp3) is 0.318. The molecule has 2 aromatic carbocycles. The summed E-state index contributed by atoms with van der Waals surface area (Å²) >= 11 is 0. The third-order valence-corrected chi connectivity index (χ3v) is 7.70. The summed E-state index contributed by atoms with van der Waals surface area (Å²) in [5, 5.41) is -1.10. The molecule has 0 bridgehead atoms. The number of hydrogen-bond donors (Lipinski definition) is 0. The summed E-state index contributed by atoms with van der Waals surface area (Å²) in [6.45, 7) is 7.91. The Kier molecular flexibility index (Phi) is 5.24. The van der Waals surface area contributed by atoms with E-state index in [1.54, 1.807) is 29.2 Å². The Bertz CT molecular complexity index is 976. The monoisotopic (exact) mass is 383 g/mol. The highest BCUT2D eigenvalue weighted by molar-refractivity contribution is 7.92. The molecule has 0 saturated heterocycles. The number of hydrogen-bond acceptors (Lipinski definition) is 3. The maximum Gasteiger partial charge on any atom is 0.246 e. The molecule has 2 aromatic rings. The van der Waals surface area contributed by atoms with Gasteiger partial charge in [0.25, 0.3) is 0 Å². The van der Waals surface area contributed by atoms with Gasteiger partial charge in [0.05, 0.1) is 11.4 Å². The van der Waals surface area contributed by atoms with Crippen molar-refractivity contribution in [1.82, 2.24) is 4.90 Å². The van der Waals surface area contributed by atoms with Crippen molar-refractivity contribution in [3.8, 4) is 0 Å². The Labute approximate surface area is 161 Å². The second-order valence-electron chi connectivity index (χ2n) is 7.25. The Morgan fingerprint density at radius 3 is 2.11 bits per heavy atom. The summed E-state index contributed by atoms with van der Waals surface area (Å²) in [4.78, 5) is 15.1. The SMILES string of the molecule is CC1=C(C)N(Cc2ccccc2)C(=O)[C@@H](S(=O)(=O)c2ccc(C)cc2)[C@@H]1C. The summed E-state index contributed by atoms with van der Waals surface area (Å²) in [7, 11) is -3.78. The summed E-state index contributed by atoms with van der Waals surface area (Å²) in [6, 6.07) is 16.3. The van der Waals surface area contributed by atoms with E-state index < -0.39 is 15.1 Å². The maximum absolute atomic E-state index is 13.3. The molecule has 0 aromatic heterocycles. The van der Waals surface area contributed by atoms with E-state index in [-0.39, 0.29) is 16.7 Å². The van der Waals surface area contributed by atoms with Crippen LogP contribution in [-0.4, -0.2) is 24.5 Å². The van der Waals surface area contributed by atoms with Gasteiger partial charge in [0.1, 0.15) is 0 Å². The van der Waals surface area contributed by atoms with Crippen LogP contribution in [0.5, 0.6) is 0 Å². The Hall–Kier alpha value is -2.40. The predicted octanol–water partition coefficient (Wildman–Crippen LogP) is 4.11. The van der Waals surface area contributed by atoms with Crippen LogP contribution >= 0.6 is 0 Å².